The molecule has 2 bridgehead atoms. The molecule has 3 atom stereocenters. The summed E-state index contributed by atoms with van der Waals surface area (Å²) in [7, 11) is 0. The van der Waals surface area contributed by atoms with Crippen LogP contribution in [0, 0.1) is 5.92 Å². The van der Waals surface area contributed by atoms with Gasteiger partial charge in [-0.1, -0.05) is 12.2 Å². The van der Waals surface area contributed by atoms with E-state index in [1.807, 2.05) is 20.8 Å². The Bertz CT molecular complexity index is 383. The van der Waals surface area contributed by atoms with E-state index >= 15 is 0 Å². The molecule has 0 aromatic rings. The predicted octanol–water partition coefficient (Wildman–Crippen LogP) is 2.53. The number of nitrogens with zero attached hydrogens (tertiary/aromatic N) is 1. The van der Waals surface area contributed by atoms with Crippen LogP contribution in [-0.2, 0) is 9.53 Å². The van der Waals surface area contributed by atoms with Crippen molar-refractivity contribution in [3.63, 3.8) is 0 Å². The standard InChI is InChI=1S/C14H21NO3/c1-9-7-10-5-6-11(9)12(8-16)15(10)13(17)18-14(2,3)4/h8,10-12H,1,5-7H2,2-4H3/t10-,11+,12+/m0/s1. The Morgan fingerprint density at radius 1 is 1.44 bits per heavy atom. The lowest BCUT2D eigenvalue weighted by Gasteiger charge is -2.50. The van der Waals surface area contributed by atoms with Crippen molar-refractivity contribution in [2.45, 2.75) is 57.7 Å². The van der Waals surface area contributed by atoms with E-state index in [-0.39, 0.29) is 24.1 Å². The second kappa shape index (κ2) is 4.41. The zero-order valence-electron chi connectivity index (χ0n) is 11.3. The minimum absolute atomic E-state index is 0.0764. The molecule has 3 rings (SSSR count). The monoisotopic (exact) mass is 251 g/mol. The Hall–Kier alpha value is -1.32. The molecule has 4 heteroatoms. The molecule has 0 aromatic carbocycles. The van der Waals surface area contributed by atoms with Gasteiger partial charge in [0.25, 0.3) is 0 Å². The van der Waals surface area contributed by atoms with Crippen molar-refractivity contribution in [2.75, 3.05) is 0 Å². The lowest BCUT2D eigenvalue weighted by atomic mass is 9.72. The zero-order chi connectivity index (χ0) is 13.5. The van der Waals surface area contributed by atoms with Crippen LogP contribution in [-0.4, -0.2) is 35.0 Å². The van der Waals surface area contributed by atoms with Gasteiger partial charge in [0, 0.05) is 12.0 Å². The lowest BCUT2D eigenvalue weighted by Crippen LogP contribution is -2.59. The van der Waals surface area contributed by atoms with Gasteiger partial charge < -0.3 is 9.53 Å². The van der Waals surface area contributed by atoms with Crippen LogP contribution >= 0.6 is 0 Å². The summed E-state index contributed by atoms with van der Waals surface area (Å²) < 4.78 is 5.40. The van der Waals surface area contributed by atoms with E-state index in [9.17, 15) is 9.59 Å². The van der Waals surface area contributed by atoms with Gasteiger partial charge in [0.1, 0.15) is 11.9 Å². The molecule has 3 fully saturated rings. The van der Waals surface area contributed by atoms with Gasteiger partial charge >= 0.3 is 6.09 Å². The smallest absolute Gasteiger partial charge is 0.411 e. The van der Waals surface area contributed by atoms with Gasteiger partial charge in [-0.2, -0.15) is 0 Å². The number of rotatable bonds is 1. The highest BCUT2D eigenvalue weighted by Gasteiger charge is 2.47. The van der Waals surface area contributed by atoms with Crippen molar-refractivity contribution in [1.29, 1.82) is 0 Å². The Kier molecular flexibility index (Phi) is 3.21. The van der Waals surface area contributed by atoms with Crippen molar-refractivity contribution in [3.8, 4) is 0 Å². The molecule has 1 saturated carbocycles. The number of carbonyl (C=O) groups is 2. The number of aldehydes is 1. The average Bonchev–Trinajstić information content (AvgIpc) is 2.25. The van der Waals surface area contributed by atoms with Gasteiger partial charge in [0.2, 0.25) is 0 Å². The summed E-state index contributed by atoms with van der Waals surface area (Å²) >= 11 is 0. The number of hydrogen-bond acceptors (Lipinski definition) is 3. The van der Waals surface area contributed by atoms with Crippen LogP contribution < -0.4 is 0 Å². The van der Waals surface area contributed by atoms with Crippen LogP contribution in [0.5, 0.6) is 0 Å². The molecular weight excluding hydrogens is 230 g/mol. The third-order valence-electron chi connectivity index (χ3n) is 3.70. The first-order valence-electron chi connectivity index (χ1n) is 6.48. The molecule has 0 N–H and O–H groups in total. The Balaban J connectivity index is 2.19. The Labute approximate surface area is 108 Å². The summed E-state index contributed by atoms with van der Waals surface area (Å²) in [5.41, 5.74) is 0.571. The number of fused-ring (bicyclic) bond motifs is 3. The number of carbonyl (C=O) groups excluding carboxylic acids is 2. The van der Waals surface area contributed by atoms with Crippen LogP contribution in [0.4, 0.5) is 4.79 Å². The average molecular weight is 251 g/mol. The topological polar surface area (TPSA) is 46.6 Å². The molecule has 1 aliphatic carbocycles. The van der Waals surface area contributed by atoms with Crippen molar-refractivity contribution in [3.05, 3.63) is 12.2 Å². The predicted molar refractivity (Wildman–Crippen MR) is 68.2 cm³/mol. The van der Waals surface area contributed by atoms with Crippen molar-refractivity contribution in [2.24, 2.45) is 5.92 Å². The molecular formula is C14H21NO3. The number of amides is 1. The molecule has 0 unspecified atom stereocenters. The van der Waals surface area contributed by atoms with E-state index in [4.69, 9.17) is 4.74 Å². The molecule has 100 valence electrons. The molecule has 4 nitrogen and oxygen atoms in total. The van der Waals surface area contributed by atoms with Crippen LogP contribution in [0.3, 0.4) is 0 Å². The zero-order valence-corrected chi connectivity index (χ0v) is 11.3. The first kappa shape index (κ1) is 13.1. The number of hydrogen-bond donors (Lipinski definition) is 0. The van der Waals surface area contributed by atoms with Crippen LogP contribution in [0.1, 0.15) is 40.0 Å². The fraction of sp³-hybridized carbons (Fsp3) is 0.714. The van der Waals surface area contributed by atoms with Crippen molar-refractivity contribution in [1.82, 2.24) is 4.90 Å². The molecule has 1 amide bonds. The Morgan fingerprint density at radius 3 is 2.61 bits per heavy atom. The van der Waals surface area contributed by atoms with Crippen molar-refractivity contribution >= 4 is 12.4 Å². The SMILES string of the molecule is C=C1C[C@@H]2CC[C@H]1[C@@H](C=O)N2C(=O)OC(C)(C)C. The first-order valence-corrected chi connectivity index (χ1v) is 6.48. The minimum atomic E-state index is -0.530. The van der Waals surface area contributed by atoms with Gasteiger partial charge in [0.15, 0.2) is 0 Å². The van der Waals surface area contributed by atoms with E-state index in [0.717, 1.165) is 31.1 Å². The van der Waals surface area contributed by atoms with E-state index in [1.165, 1.54) is 0 Å². The second-order valence-corrected chi connectivity index (χ2v) is 6.21. The molecule has 0 spiro atoms. The van der Waals surface area contributed by atoms with E-state index < -0.39 is 5.60 Å². The van der Waals surface area contributed by atoms with Gasteiger partial charge in [-0.25, -0.2) is 4.79 Å². The maximum absolute atomic E-state index is 12.2. The van der Waals surface area contributed by atoms with Crippen LogP contribution in [0.25, 0.3) is 0 Å². The molecule has 2 heterocycles. The maximum atomic E-state index is 12.2. The molecule has 18 heavy (non-hydrogen) atoms. The lowest BCUT2D eigenvalue weighted by molar-refractivity contribution is -0.118. The normalized spacial score (nSPS) is 31.4. The summed E-state index contributed by atoms with van der Waals surface area (Å²) in [4.78, 5) is 25.1. The van der Waals surface area contributed by atoms with E-state index in [2.05, 4.69) is 6.58 Å². The van der Waals surface area contributed by atoms with Crippen LogP contribution in [0.2, 0.25) is 0 Å². The summed E-state index contributed by atoms with van der Waals surface area (Å²) in [6.07, 6.45) is 3.18. The van der Waals surface area contributed by atoms with E-state index in [1.54, 1.807) is 4.90 Å². The molecule has 3 aliphatic rings. The number of piperidine rings is 2. The van der Waals surface area contributed by atoms with Crippen molar-refractivity contribution < 1.29 is 14.3 Å². The highest BCUT2D eigenvalue weighted by molar-refractivity contribution is 5.76. The van der Waals surface area contributed by atoms with Gasteiger partial charge in [-0.05, 0) is 40.0 Å². The number of ether oxygens (including phenoxy) is 1. The quantitative estimate of drug-likeness (QED) is 0.531. The van der Waals surface area contributed by atoms with Gasteiger partial charge in [-0.15, -0.1) is 0 Å². The van der Waals surface area contributed by atoms with Gasteiger partial charge in [0.05, 0.1) is 6.04 Å². The fourth-order valence-corrected chi connectivity index (χ4v) is 2.96. The van der Waals surface area contributed by atoms with Crippen LogP contribution in [0.15, 0.2) is 12.2 Å². The third kappa shape index (κ3) is 2.28. The molecule has 0 aromatic heterocycles. The minimum Gasteiger partial charge on any atom is -0.444 e. The molecule has 0 radical (unpaired) electrons. The van der Waals surface area contributed by atoms with E-state index in [0.29, 0.717) is 0 Å². The molecule has 2 aliphatic heterocycles. The fourth-order valence-electron chi connectivity index (χ4n) is 2.96. The highest BCUT2D eigenvalue weighted by Crippen LogP contribution is 2.42. The summed E-state index contributed by atoms with van der Waals surface area (Å²) in [5.74, 6) is 0.111. The van der Waals surface area contributed by atoms with Gasteiger partial charge in [-0.3, -0.25) is 4.90 Å². The summed E-state index contributed by atoms with van der Waals surface area (Å²) in [6, 6.07) is -0.313. The Morgan fingerprint density at radius 2 is 2.11 bits per heavy atom. The third-order valence-corrected chi connectivity index (χ3v) is 3.70. The highest BCUT2D eigenvalue weighted by atomic mass is 16.6. The summed E-state index contributed by atoms with van der Waals surface area (Å²) in [6.45, 7) is 9.53. The summed E-state index contributed by atoms with van der Waals surface area (Å²) in [5, 5.41) is 0. The second-order valence-electron chi connectivity index (χ2n) is 6.21. The first-order chi connectivity index (χ1) is 8.33. The molecule has 2 saturated heterocycles. The maximum Gasteiger partial charge on any atom is 0.411 e. The largest absolute Gasteiger partial charge is 0.444 e.